The fourth-order valence-corrected chi connectivity index (χ4v) is 4.09. The highest BCUT2D eigenvalue weighted by Gasteiger charge is 2.14. The number of fused-ring (bicyclic) bond motifs is 1. The lowest BCUT2D eigenvalue weighted by Gasteiger charge is -2.11. The lowest BCUT2D eigenvalue weighted by atomic mass is 10.0. The molecule has 6 nitrogen and oxygen atoms in total. The minimum absolute atomic E-state index is 0.558. The van der Waals surface area contributed by atoms with Crippen molar-refractivity contribution >= 4 is 56.9 Å². The van der Waals surface area contributed by atoms with Crippen LogP contribution in [0.2, 0.25) is 5.02 Å². The van der Waals surface area contributed by atoms with Crippen molar-refractivity contribution < 1.29 is 15.0 Å². The molecule has 1 heterocycles. The van der Waals surface area contributed by atoms with Gasteiger partial charge in [-0.15, -0.1) is 0 Å². The first-order valence-corrected chi connectivity index (χ1v) is 10.6. The number of anilines is 2. The van der Waals surface area contributed by atoms with Crippen LogP contribution in [0.15, 0.2) is 71.7 Å². The van der Waals surface area contributed by atoms with E-state index in [4.69, 9.17) is 21.8 Å². The van der Waals surface area contributed by atoms with Gasteiger partial charge in [0.15, 0.2) is 11.9 Å². The summed E-state index contributed by atoms with van der Waals surface area (Å²) in [5.74, 6) is -0.522. The molecule has 0 aliphatic carbocycles. The van der Waals surface area contributed by atoms with E-state index < -0.39 is 18.6 Å². The molecule has 0 spiro atoms. The number of aliphatic hydroxyl groups excluding tert-OH is 1. The van der Waals surface area contributed by atoms with Crippen molar-refractivity contribution in [2.24, 2.45) is 4.99 Å². The van der Waals surface area contributed by atoms with Crippen LogP contribution in [-0.4, -0.2) is 39.4 Å². The van der Waals surface area contributed by atoms with Gasteiger partial charge in [-0.3, -0.25) is 4.99 Å². The second kappa shape index (κ2) is 9.26. The maximum atomic E-state index is 11.0. The van der Waals surface area contributed by atoms with Gasteiger partial charge in [0, 0.05) is 17.2 Å². The van der Waals surface area contributed by atoms with E-state index in [0.29, 0.717) is 16.4 Å². The Hall–Kier alpha value is -3.26. The van der Waals surface area contributed by atoms with E-state index in [1.807, 2.05) is 66.7 Å². The number of aliphatic hydroxyl groups is 1. The van der Waals surface area contributed by atoms with E-state index in [1.54, 1.807) is 0 Å². The van der Waals surface area contributed by atoms with Gasteiger partial charge in [0.05, 0.1) is 22.0 Å². The number of nitrogens with zero attached hydrogens (tertiary/aromatic N) is 2. The molecular weight excluding hydrogens is 434 g/mol. The molecule has 0 fully saturated rings. The predicted octanol–water partition coefficient (Wildman–Crippen LogP) is 5.22. The number of nitrogens with one attached hydrogen (secondary N) is 1. The predicted molar refractivity (Wildman–Crippen MR) is 126 cm³/mol. The number of carboxylic acids is 1. The SMILES string of the molecule is O=C(O)[C@H](CO)N=Cc1ccc2snc(Nc3cccc(-c4ccccc4)c3Cl)c2c1. The highest BCUT2D eigenvalue weighted by molar-refractivity contribution is 7.13. The highest BCUT2D eigenvalue weighted by Crippen LogP contribution is 2.37. The second-order valence-electron chi connectivity index (χ2n) is 6.76. The first kappa shape index (κ1) is 21.0. The summed E-state index contributed by atoms with van der Waals surface area (Å²) in [5.41, 5.74) is 3.39. The number of aliphatic carboxylic acids is 1. The molecule has 0 amide bonds. The first-order chi connectivity index (χ1) is 15.1. The monoisotopic (exact) mass is 451 g/mol. The molecule has 3 N–H and O–H groups in total. The molecule has 3 aromatic carbocycles. The Morgan fingerprint density at radius 1 is 1.16 bits per heavy atom. The van der Waals surface area contributed by atoms with Gasteiger partial charge in [0.2, 0.25) is 0 Å². The summed E-state index contributed by atoms with van der Waals surface area (Å²) < 4.78 is 5.47. The van der Waals surface area contributed by atoms with E-state index in [2.05, 4.69) is 14.7 Å². The van der Waals surface area contributed by atoms with Crippen LogP contribution in [-0.2, 0) is 4.79 Å². The van der Waals surface area contributed by atoms with Crippen molar-refractivity contribution in [3.63, 3.8) is 0 Å². The van der Waals surface area contributed by atoms with Crippen molar-refractivity contribution in [1.82, 2.24) is 4.37 Å². The Labute approximate surface area is 187 Å². The molecule has 0 aliphatic rings. The van der Waals surface area contributed by atoms with Crippen molar-refractivity contribution in [2.45, 2.75) is 6.04 Å². The standard InChI is InChI=1S/C23H18ClN3O3S/c24-21-16(15-5-2-1-3-6-15)7-4-8-18(21)26-22-17-11-14(9-10-20(17)31-27-22)12-25-19(13-28)23(29)30/h1-12,19,28H,13H2,(H,26,27)(H,29,30)/t19-/m0/s1. The molecule has 156 valence electrons. The molecular formula is C23H18ClN3O3S. The van der Waals surface area contributed by atoms with Crippen molar-refractivity contribution in [1.29, 1.82) is 0 Å². The van der Waals surface area contributed by atoms with Crippen LogP contribution >= 0.6 is 23.1 Å². The molecule has 0 saturated heterocycles. The summed E-state index contributed by atoms with van der Waals surface area (Å²) in [6.45, 7) is -0.558. The van der Waals surface area contributed by atoms with Crippen LogP contribution < -0.4 is 5.32 Å². The summed E-state index contributed by atoms with van der Waals surface area (Å²) in [5, 5.41) is 22.9. The molecule has 0 unspecified atom stereocenters. The number of aromatic nitrogens is 1. The topological polar surface area (TPSA) is 94.8 Å². The minimum atomic E-state index is -1.19. The average Bonchev–Trinajstić information content (AvgIpc) is 3.18. The molecule has 1 aromatic heterocycles. The van der Waals surface area contributed by atoms with Gasteiger partial charge >= 0.3 is 5.97 Å². The maximum absolute atomic E-state index is 11.0. The molecule has 8 heteroatoms. The van der Waals surface area contributed by atoms with Gasteiger partial charge in [-0.1, -0.05) is 60.1 Å². The van der Waals surface area contributed by atoms with Gasteiger partial charge in [-0.05, 0) is 40.9 Å². The number of carbonyl (C=O) groups is 1. The van der Waals surface area contributed by atoms with E-state index in [-0.39, 0.29) is 0 Å². The summed E-state index contributed by atoms with van der Waals surface area (Å²) >= 11 is 8.03. The summed E-state index contributed by atoms with van der Waals surface area (Å²) in [7, 11) is 0. The molecule has 0 aliphatic heterocycles. The number of benzene rings is 3. The van der Waals surface area contributed by atoms with E-state index in [1.165, 1.54) is 17.7 Å². The smallest absolute Gasteiger partial charge is 0.330 e. The number of rotatable bonds is 7. The van der Waals surface area contributed by atoms with Crippen LogP contribution in [0, 0.1) is 0 Å². The van der Waals surface area contributed by atoms with Gasteiger partial charge in [0.25, 0.3) is 0 Å². The Balaban J connectivity index is 1.65. The largest absolute Gasteiger partial charge is 0.480 e. The number of aliphatic imine (C=N–C) groups is 1. The molecule has 31 heavy (non-hydrogen) atoms. The quantitative estimate of drug-likeness (QED) is 0.335. The maximum Gasteiger partial charge on any atom is 0.330 e. The molecule has 4 aromatic rings. The van der Waals surface area contributed by atoms with E-state index in [9.17, 15) is 4.79 Å². The van der Waals surface area contributed by atoms with Gasteiger partial charge < -0.3 is 15.5 Å². The summed E-state index contributed by atoms with van der Waals surface area (Å²) in [6.07, 6.45) is 1.44. The summed E-state index contributed by atoms with van der Waals surface area (Å²) in [4.78, 5) is 15.0. The van der Waals surface area contributed by atoms with Crippen molar-refractivity contribution in [3.05, 3.63) is 77.3 Å². The molecule has 0 radical (unpaired) electrons. The Kier molecular flexibility index (Phi) is 6.27. The highest BCUT2D eigenvalue weighted by atomic mass is 35.5. The van der Waals surface area contributed by atoms with Crippen LogP contribution in [0.5, 0.6) is 0 Å². The number of hydrogen-bond acceptors (Lipinski definition) is 6. The van der Waals surface area contributed by atoms with Crippen LogP contribution in [0.25, 0.3) is 21.2 Å². The zero-order valence-electron chi connectivity index (χ0n) is 16.2. The van der Waals surface area contributed by atoms with Gasteiger partial charge in [-0.2, -0.15) is 4.37 Å². The number of carboxylic acid groups (broad SMARTS) is 1. The third-order valence-electron chi connectivity index (χ3n) is 4.69. The number of halogens is 1. The van der Waals surface area contributed by atoms with Crippen LogP contribution in [0.4, 0.5) is 11.5 Å². The zero-order valence-corrected chi connectivity index (χ0v) is 17.8. The first-order valence-electron chi connectivity index (χ1n) is 9.44. The summed E-state index contributed by atoms with van der Waals surface area (Å²) in [6, 6.07) is 20.1. The third-order valence-corrected chi connectivity index (χ3v) is 5.93. The fourth-order valence-electron chi connectivity index (χ4n) is 3.09. The molecule has 1 atom stereocenters. The third kappa shape index (κ3) is 4.59. The lowest BCUT2D eigenvalue weighted by Crippen LogP contribution is -2.22. The number of hydrogen-bond donors (Lipinski definition) is 3. The second-order valence-corrected chi connectivity index (χ2v) is 7.94. The van der Waals surface area contributed by atoms with Gasteiger partial charge in [-0.25, -0.2) is 4.79 Å². The Bertz CT molecular complexity index is 1260. The minimum Gasteiger partial charge on any atom is -0.480 e. The van der Waals surface area contributed by atoms with Crippen LogP contribution in [0.1, 0.15) is 5.56 Å². The zero-order chi connectivity index (χ0) is 21.8. The van der Waals surface area contributed by atoms with Crippen molar-refractivity contribution in [2.75, 3.05) is 11.9 Å². The molecule has 0 bridgehead atoms. The van der Waals surface area contributed by atoms with Crippen LogP contribution in [0.3, 0.4) is 0 Å². The Morgan fingerprint density at radius 2 is 1.97 bits per heavy atom. The molecule has 0 saturated carbocycles. The lowest BCUT2D eigenvalue weighted by molar-refractivity contribution is -0.139. The van der Waals surface area contributed by atoms with E-state index in [0.717, 1.165) is 26.9 Å². The average molecular weight is 452 g/mol. The van der Waals surface area contributed by atoms with Gasteiger partial charge in [0.1, 0.15) is 0 Å². The normalized spacial score (nSPS) is 12.3. The Morgan fingerprint density at radius 3 is 2.71 bits per heavy atom. The molecule has 4 rings (SSSR count). The van der Waals surface area contributed by atoms with E-state index >= 15 is 0 Å². The fraction of sp³-hybridized carbons (Fsp3) is 0.0870. The van der Waals surface area contributed by atoms with Crippen molar-refractivity contribution in [3.8, 4) is 11.1 Å².